The van der Waals surface area contributed by atoms with Crippen molar-refractivity contribution in [2.24, 2.45) is 17.8 Å². The number of benzene rings is 1. The van der Waals surface area contributed by atoms with E-state index in [1.807, 2.05) is 13.8 Å². The topological polar surface area (TPSA) is 107 Å². The number of Topliss-reactive ketones (excluding diaryl/α,β-unsaturated/α-hetero) is 1. The highest BCUT2D eigenvalue weighted by Crippen LogP contribution is 2.46. The number of nitrogens with zero attached hydrogens (tertiary/aromatic N) is 4. The summed E-state index contributed by atoms with van der Waals surface area (Å²) in [5.74, 6) is 1.15. The molecule has 0 spiro atoms. The molecule has 2 atom stereocenters. The second-order valence-electron chi connectivity index (χ2n) is 10.9. The van der Waals surface area contributed by atoms with Crippen molar-refractivity contribution in [2.75, 3.05) is 5.32 Å². The van der Waals surface area contributed by atoms with E-state index in [1.165, 1.54) is 24.4 Å². The first-order valence-electron chi connectivity index (χ1n) is 13.2. The molecule has 1 N–H and O–H groups in total. The minimum Gasteiger partial charge on any atom is -0.366 e. The van der Waals surface area contributed by atoms with Gasteiger partial charge in [0.25, 0.3) is 10.0 Å². The second-order valence-corrected chi connectivity index (χ2v) is 12.7. The van der Waals surface area contributed by atoms with E-state index in [2.05, 4.69) is 15.3 Å². The number of aromatic nitrogens is 4. The van der Waals surface area contributed by atoms with Gasteiger partial charge in [-0.25, -0.2) is 31.7 Å². The number of carbonyl (C=O) groups is 1. The van der Waals surface area contributed by atoms with E-state index in [1.54, 1.807) is 25.3 Å². The van der Waals surface area contributed by atoms with Crippen LogP contribution >= 0.6 is 0 Å². The molecule has 8 nitrogen and oxygen atoms in total. The van der Waals surface area contributed by atoms with Gasteiger partial charge >= 0.3 is 0 Å². The normalized spacial score (nSPS) is 22.8. The van der Waals surface area contributed by atoms with Gasteiger partial charge in [0, 0.05) is 40.9 Å². The van der Waals surface area contributed by atoms with Crippen LogP contribution in [0.3, 0.4) is 0 Å². The van der Waals surface area contributed by atoms with Crippen LogP contribution in [0.2, 0.25) is 0 Å². The van der Waals surface area contributed by atoms with Gasteiger partial charge in [-0.15, -0.1) is 0 Å². The van der Waals surface area contributed by atoms with Crippen LogP contribution in [0.25, 0.3) is 22.4 Å². The molecular weight excluding hydrogens is 517 g/mol. The van der Waals surface area contributed by atoms with Crippen molar-refractivity contribution < 1.29 is 17.6 Å². The van der Waals surface area contributed by atoms with Crippen LogP contribution in [-0.2, 0) is 14.8 Å². The molecule has 39 heavy (non-hydrogen) atoms. The Bertz CT molecular complexity index is 1690. The van der Waals surface area contributed by atoms with Crippen LogP contribution in [0, 0.1) is 37.4 Å². The minimum absolute atomic E-state index is 0.0150. The third kappa shape index (κ3) is 4.40. The van der Waals surface area contributed by atoms with Gasteiger partial charge in [-0.05, 0) is 76.5 Å². The largest absolute Gasteiger partial charge is 0.366 e. The van der Waals surface area contributed by atoms with Crippen LogP contribution in [-0.4, -0.2) is 39.2 Å². The monoisotopic (exact) mass is 547 g/mol. The smallest absolute Gasteiger partial charge is 0.269 e. The van der Waals surface area contributed by atoms with E-state index in [0.717, 1.165) is 47.0 Å². The van der Waals surface area contributed by atoms with Crippen LogP contribution in [0.15, 0.2) is 53.8 Å². The van der Waals surface area contributed by atoms with Crippen molar-refractivity contribution in [1.29, 1.82) is 0 Å². The Labute approximate surface area is 226 Å². The molecule has 0 saturated heterocycles. The summed E-state index contributed by atoms with van der Waals surface area (Å²) in [4.78, 5) is 26.1. The molecule has 1 unspecified atom stereocenters. The molecule has 0 aliphatic heterocycles. The van der Waals surface area contributed by atoms with Crippen LogP contribution in [0.4, 0.5) is 10.2 Å². The molecule has 4 aromatic rings. The zero-order chi connectivity index (χ0) is 27.5. The standard InChI is InChI=1S/C29H30FN5O3S/c1-16-4-10-22(11-5-16)39(37,38)35-15-24(23-12-21(30)14-32-29(23)35)28-31-13-17(2)27(34-28)33-26-20-8-6-19(7-9-20)25(26)18(3)36/h4-5,10-15,19-20,25-26H,6-9H2,1-3H3,(H,31,33,34)/t19?,20?,25-,26?/m0/s1. The van der Waals surface area contributed by atoms with Gasteiger partial charge in [0.05, 0.1) is 11.1 Å². The van der Waals surface area contributed by atoms with Crippen LogP contribution in [0.5, 0.6) is 0 Å². The Balaban J connectivity index is 1.44. The van der Waals surface area contributed by atoms with Gasteiger partial charge < -0.3 is 5.32 Å². The number of halogens is 1. The SMILES string of the molecule is CC(=O)[C@H]1C2CCC(CC2)C1Nc1nc(-c2cn(S(=O)(=O)c3ccc(C)cc3)c3ncc(F)cc23)ncc1C. The van der Waals surface area contributed by atoms with E-state index in [9.17, 15) is 17.6 Å². The summed E-state index contributed by atoms with van der Waals surface area (Å²) in [6.07, 6.45) is 8.39. The highest BCUT2D eigenvalue weighted by Gasteiger charge is 2.46. The number of nitrogens with one attached hydrogen (secondary N) is 1. The second kappa shape index (κ2) is 9.51. The van der Waals surface area contributed by atoms with Crippen molar-refractivity contribution in [3.63, 3.8) is 0 Å². The number of hydrogen-bond donors (Lipinski definition) is 1. The number of pyridine rings is 1. The Morgan fingerprint density at radius 2 is 1.72 bits per heavy atom. The number of ketones is 1. The molecule has 202 valence electrons. The quantitative estimate of drug-likeness (QED) is 0.349. The number of aryl methyl sites for hydroxylation is 2. The van der Waals surface area contributed by atoms with Crippen molar-refractivity contribution >= 4 is 32.7 Å². The lowest BCUT2D eigenvalue weighted by atomic mass is 9.60. The Morgan fingerprint density at radius 3 is 2.41 bits per heavy atom. The first kappa shape index (κ1) is 25.6. The van der Waals surface area contributed by atoms with Crippen molar-refractivity contribution in [3.05, 3.63) is 65.9 Å². The van der Waals surface area contributed by atoms with Crippen molar-refractivity contribution in [1.82, 2.24) is 18.9 Å². The summed E-state index contributed by atoms with van der Waals surface area (Å²) < 4.78 is 42.6. The number of fused-ring (bicyclic) bond motifs is 4. The van der Waals surface area contributed by atoms with E-state index in [4.69, 9.17) is 4.98 Å². The molecule has 1 aromatic carbocycles. The highest BCUT2D eigenvalue weighted by atomic mass is 32.2. The molecule has 3 aromatic heterocycles. The summed E-state index contributed by atoms with van der Waals surface area (Å²) in [7, 11) is -4.02. The lowest BCUT2D eigenvalue weighted by Gasteiger charge is -2.48. The molecule has 3 heterocycles. The molecule has 10 heteroatoms. The van der Waals surface area contributed by atoms with Crippen molar-refractivity contribution in [3.8, 4) is 11.4 Å². The van der Waals surface area contributed by atoms with Crippen LogP contribution < -0.4 is 5.32 Å². The summed E-state index contributed by atoms with van der Waals surface area (Å²) in [6, 6.07) is 7.75. The zero-order valence-corrected chi connectivity index (χ0v) is 22.9. The number of hydrogen-bond acceptors (Lipinski definition) is 7. The molecular formula is C29H30FN5O3S. The fourth-order valence-electron chi connectivity index (χ4n) is 6.36. The van der Waals surface area contributed by atoms with Gasteiger partial charge in [0.15, 0.2) is 11.5 Å². The molecule has 0 amide bonds. The van der Waals surface area contributed by atoms with Gasteiger partial charge in [-0.3, -0.25) is 4.79 Å². The fourth-order valence-corrected chi connectivity index (χ4v) is 7.68. The van der Waals surface area contributed by atoms with E-state index >= 15 is 0 Å². The fraction of sp³-hybridized carbons (Fsp3) is 0.379. The number of anilines is 1. The maximum Gasteiger partial charge on any atom is 0.269 e. The summed E-state index contributed by atoms with van der Waals surface area (Å²) in [5, 5.41) is 3.85. The number of carbonyl (C=O) groups excluding carboxylic acids is 1. The molecule has 3 fully saturated rings. The Kier molecular flexibility index (Phi) is 6.25. The highest BCUT2D eigenvalue weighted by molar-refractivity contribution is 7.90. The average Bonchev–Trinajstić information content (AvgIpc) is 3.30. The lowest BCUT2D eigenvalue weighted by Crippen LogP contribution is -2.51. The van der Waals surface area contributed by atoms with Crippen LogP contribution in [0.1, 0.15) is 43.7 Å². The molecule has 2 bridgehead atoms. The molecule has 3 aliphatic carbocycles. The Hall–Kier alpha value is -3.66. The average molecular weight is 548 g/mol. The molecule has 3 saturated carbocycles. The number of rotatable bonds is 6. The first-order valence-corrected chi connectivity index (χ1v) is 14.7. The van der Waals surface area contributed by atoms with Gasteiger partial charge in [-0.1, -0.05) is 17.7 Å². The summed E-state index contributed by atoms with van der Waals surface area (Å²) >= 11 is 0. The van der Waals surface area contributed by atoms with E-state index in [0.29, 0.717) is 28.6 Å². The molecule has 7 rings (SSSR count). The van der Waals surface area contributed by atoms with Gasteiger partial charge in [0.2, 0.25) is 0 Å². The summed E-state index contributed by atoms with van der Waals surface area (Å²) in [6.45, 7) is 5.44. The maximum atomic E-state index is 14.4. The Morgan fingerprint density at radius 1 is 1.03 bits per heavy atom. The minimum atomic E-state index is -4.02. The van der Waals surface area contributed by atoms with E-state index in [-0.39, 0.29) is 34.1 Å². The third-order valence-corrected chi connectivity index (χ3v) is 10.0. The molecule has 0 radical (unpaired) electrons. The van der Waals surface area contributed by atoms with E-state index < -0.39 is 15.8 Å². The predicted molar refractivity (Wildman–Crippen MR) is 146 cm³/mol. The molecule has 3 aliphatic rings. The first-order chi connectivity index (χ1) is 18.6. The van der Waals surface area contributed by atoms with Gasteiger partial charge in [-0.2, -0.15) is 0 Å². The predicted octanol–water partition coefficient (Wildman–Crippen LogP) is 5.29. The maximum absolute atomic E-state index is 14.4. The lowest BCUT2D eigenvalue weighted by molar-refractivity contribution is -0.126. The zero-order valence-electron chi connectivity index (χ0n) is 22.1. The van der Waals surface area contributed by atoms with Crippen molar-refractivity contribution in [2.45, 2.75) is 57.4 Å². The van der Waals surface area contributed by atoms with Gasteiger partial charge in [0.1, 0.15) is 17.4 Å². The third-order valence-electron chi connectivity index (χ3n) is 8.36. The summed E-state index contributed by atoms with van der Waals surface area (Å²) in [5.41, 5.74) is 2.18.